The number of ketones is 1. The third-order valence-electron chi connectivity index (χ3n) is 2.27. The van der Waals surface area contributed by atoms with Gasteiger partial charge in [0.1, 0.15) is 6.61 Å². The van der Waals surface area contributed by atoms with Gasteiger partial charge in [-0.05, 0) is 17.7 Å². The van der Waals surface area contributed by atoms with Gasteiger partial charge in [0.15, 0.2) is 5.78 Å². The Bertz CT molecular complexity index is 540. The molecule has 17 heavy (non-hydrogen) atoms. The van der Waals surface area contributed by atoms with Gasteiger partial charge in [0.2, 0.25) is 5.28 Å². The highest BCUT2D eigenvalue weighted by Crippen LogP contribution is 2.18. The molecule has 1 heterocycles. The predicted octanol–water partition coefficient (Wildman–Crippen LogP) is 1.97. The lowest BCUT2D eigenvalue weighted by molar-refractivity contribution is 0.0904. The lowest BCUT2D eigenvalue weighted by atomic mass is 10.1. The molecule has 0 saturated heterocycles. The maximum absolute atomic E-state index is 11.2. The third kappa shape index (κ3) is 2.67. The van der Waals surface area contributed by atoms with Gasteiger partial charge in [-0.25, -0.2) is 9.97 Å². The monoisotopic (exact) mass is 248 g/mol. The van der Waals surface area contributed by atoms with Gasteiger partial charge < -0.3 is 5.11 Å². The first-order valence-corrected chi connectivity index (χ1v) is 5.31. The molecule has 1 aromatic carbocycles. The number of Topliss-reactive ketones (excluding diaryl/α,β-unsaturated/α-hetero) is 1. The van der Waals surface area contributed by atoms with E-state index in [1.165, 1.54) is 0 Å². The average Bonchev–Trinajstić information content (AvgIpc) is 2.38. The molecule has 0 atom stereocenters. The van der Waals surface area contributed by atoms with Crippen molar-refractivity contribution in [2.24, 2.45) is 0 Å². The number of aliphatic hydroxyl groups is 1. The standard InChI is InChI=1S/C12H9ClN2O2/c13-12-14-6-5-10(15-12)8-1-3-9(4-2-8)11(17)7-16/h1-6,16H,7H2. The Kier molecular flexibility index (Phi) is 3.46. The molecule has 0 unspecified atom stereocenters. The van der Waals surface area contributed by atoms with E-state index in [0.29, 0.717) is 11.3 Å². The lowest BCUT2D eigenvalue weighted by Crippen LogP contribution is -2.03. The molecule has 0 aliphatic rings. The number of rotatable bonds is 3. The molecule has 0 amide bonds. The molecule has 0 spiro atoms. The molecule has 0 bridgehead atoms. The van der Waals surface area contributed by atoms with E-state index in [9.17, 15) is 4.79 Å². The van der Waals surface area contributed by atoms with Crippen molar-refractivity contribution in [3.05, 3.63) is 47.4 Å². The predicted molar refractivity (Wildman–Crippen MR) is 63.9 cm³/mol. The van der Waals surface area contributed by atoms with Crippen LogP contribution in [0.15, 0.2) is 36.5 Å². The fraction of sp³-hybridized carbons (Fsp3) is 0.0833. The van der Waals surface area contributed by atoms with Gasteiger partial charge in [-0.3, -0.25) is 4.79 Å². The Morgan fingerprint density at radius 3 is 2.53 bits per heavy atom. The minimum absolute atomic E-state index is 0.179. The molecule has 0 aliphatic heterocycles. The van der Waals surface area contributed by atoms with Gasteiger partial charge in [0.25, 0.3) is 0 Å². The number of hydrogen-bond acceptors (Lipinski definition) is 4. The van der Waals surface area contributed by atoms with Crippen molar-refractivity contribution in [1.82, 2.24) is 9.97 Å². The van der Waals surface area contributed by atoms with Crippen LogP contribution in [0.5, 0.6) is 0 Å². The smallest absolute Gasteiger partial charge is 0.222 e. The Morgan fingerprint density at radius 1 is 1.24 bits per heavy atom. The van der Waals surface area contributed by atoms with Crippen molar-refractivity contribution in [2.45, 2.75) is 0 Å². The van der Waals surface area contributed by atoms with E-state index in [4.69, 9.17) is 16.7 Å². The minimum Gasteiger partial charge on any atom is -0.388 e. The Labute approximate surface area is 103 Å². The topological polar surface area (TPSA) is 63.1 Å². The molecule has 2 rings (SSSR count). The van der Waals surface area contributed by atoms with Gasteiger partial charge in [0.05, 0.1) is 5.69 Å². The highest BCUT2D eigenvalue weighted by Gasteiger charge is 2.05. The zero-order chi connectivity index (χ0) is 12.3. The van der Waals surface area contributed by atoms with Crippen LogP contribution in [0.2, 0.25) is 5.28 Å². The van der Waals surface area contributed by atoms with E-state index in [2.05, 4.69) is 9.97 Å². The summed E-state index contributed by atoms with van der Waals surface area (Å²) in [5.41, 5.74) is 1.99. The zero-order valence-corrected chi connectivity index (χ0v) is 9.55. The minimum atomic E-state index is -0.487. The van der Waals surface area contributed by atoms with Crippen LogP contribution in [0.1, 0.15) is 10.4 Å². The number of carbonyl (C=O) groups is 1. The van der Waals surface area contributed by atoms with Crippen molar-refractivity contribution in [3.63, 3.8) is 0 Å². The van der Waals surface area contributed by atoms with Crippen LogP contribution in [0, 0.1) is 0 Å². The third-order valence-corrected chi connectivity index (χ3v) is 2.45. The normalized spacial score (nSPS) is 10.2. The SMILES string of the molecule is O=C(CO)c1ccc(-c2ccnc(Cl)n2)cc1. The van der Waals surface area contributed by atoms with Crippen molar-refractivity contribution in [2.75, 3.05) is 6.61 Å². The van der Waals surface area contributed by atoms with E-state index in [1.807, 2.05) is 0 Å². The van der Waals surface area contributed by atoms with Crippen molar-refractivity contribution >= 4 is 17.4 Å². The number of aromatic nitrogens is 2. The molecule has 0 radical (unpaired) electrons. The molecule has 4 nitrogen and oxygen atoms in total. The fourth-order valence-electron chi connectivity index (χ4n) is 1.41. The molecule has 0 saturated carbocycles. The molecular formula is C12H9ClN2O2. The Hall–Kier alpha value is -1.78. The quantitative estimate of drug-likeness (QED) is 0.666. The van der Waals surface area contributed by atoms with E-state index < -0.39 is 6.61 Å². The Morgan fingerprint density at radius 2 is 1.94 bits per heavy atom. The van der Waals surface area contributed by atoms with Crippen molar-refractivity contribution in [3.8, 4) is 11.3 Å². The van der Waals surface area contributed by atoms with Crippen LogP contribution < -0.4 is 0 Å². The highest BCUT2D eigenvalue weighted by atomic mass is 35.5. The molecule has 0 fully saturated rings. The zero-order valence-electron chi connectivity index (χ0n) is 8.80. The molecule has 0 aliphatic carbocycles. The molecular weight excluding hydrogens is 240 g/mol. The van der Waals surface area contributed by atoms with Crippen LogP contribution in [-0.2, 0) is 0 Å². The summed E-state index contributed by atoms with van der Waals surface area (Å²) in [6.07, 6.45) is 1.57. The highest BCUT2D eigenvalue weighted by molar-refractivity contribution is 6.28. The molecule has 1 N–H and O–H groups in total. The summed E-state index contributed by atoms with van der Waals surface area (Å²) < 4.78 is 0. The summed E-state index contributed by atoms with van der Waals surface area (Å²) in [7, 11) is 0. The van der Waals surface area contributed by atoms with Crippen molar-refractivity contribution in [1.29, 1.82) is 0 Å². The molecule has 86 valence electrons. The first kappa shape index (κ1) is 11.7. The molecule has 1 aromatic heterocycles. The van der Waals surface area contributed by atoms with Gasteiger partial charge in [0, 0.05) is 17.3 Å². The van der Waals surface area contributed by atoms with E-state index in [0.717, 1.165) is 5.56 Å². The number of aliphatic hydroxyl groups excluding tert-OH is 1. The van der Waals surface area contributed by atoms with Gasteiger partial charge in [-0.15, -0.1) is 0 Å². The first-order chi connectivity index (χ1) is 8.20. The Balaban J connectivity index is 2.32. The maximum Gasteiger partial charge on any atom is 0.222 e. The number of carbonyl (C=O) groups excluding carboxylic acids is 1. The number of hydrogen-bond donors (Lipinski definition) is 1. The van der Waals surface area contributed by atoms with Crippen molar-refractivity contribution < 1.29 is 9.90 Å². The average molecular weight is 249 g/mol. The lowest BCUT2D eigenvalue weighted by Gasteiger charge is -2.02. The van der Waals surface area contributed by atoms with Crippen LogP contribution in [0.3, 0.4) is 0 Å². The second-order valence-corrected chi connectivity index (χ2v) is 3.71. The maximum atomic E-state index is 11.2. The molecule has 2 aromatic rings. The number of benzene rings is 1. The first-order valence-electron chi connectivity index (χ1n) is 4.94. The summed E-state index contributed by atoms with van der Waals surface area (Å²) in [4.78, 5) is 19.1. The second-order valence-electron chi connectivity index (χ2n) is 3.37. The summed E-state index contributed by atoms with van der Waals surface area (Å²) in [5.74, 6) is -0.308. The van der Waals surface area contributed by atoms with Gasteiger partial charge in [-0.2, -0.15) is 0 Å². The summed E-state index contributed by atoms with van der Waals surface area (Å²) in [6.45, 7) is -0.487. The van der Waals surface area contributed by atoms with Gasteiger partial charge >= 0.3 is 0 Å². The van der Waals surface area contributed by atoms with Crippen LogP contribution in [0.25, 0.3) is 11.3 Å². The van der Waals surface area contributed by atoms with E-state index in [-0.39, 0.29) is 11.1 Å². The summed E-state index contributed by atoms with van der Waals surface area (Å²) in [5, 5.41) is 8.90. The molecule has 5 heteroatoms. The van der Waals surface area contributed by atoms with E-state index in [1.54, 1.807) is 36.5 Å². The van der Waals surface area contributed by atoms with Crippen LogP contribution >= 0.6 is 11.6 Å². The number of nitrogens with zero attached hydrogens (tertiary/aromatic N) is 2. The second kappa shape index (κ2) is 5.03. The van der Waals surface area contributed by atoms with Gasteiger partial charge in [-0.1, -0.05) is 24.3 Å². The van der Waals surface area contributed by atoms with E-state index >= 15 is 0 Å². The largest absolute Gasteiger partial charge is 0.388 e. The summed E-state index contributed by atoms with van der Waals surface area (Å²) >= 11 is 5.69. The number of halogens is 1. The van der Waals surface area contributed by atoms with Crippen LogP contribution in [0.4, 0.5) is 0 Å². The van der Waals surface area contributed by atoms with Crippen LogP contribution in [-0.4, -0.2) is 27.5 Å². The fourth-order valence-corrected chi connectivity index (χ4v) is 1.56. The summed E-state index contributed by atoms with van der Waals surface area (Å²) in [6, 6.07) is 8.52.